The number of aryl methyl sites for hydroxylation is 1. The van der Waals surface area contributed by atoms with Crippen LogP contribution in [0.25, 0.3) is 11.3 Å². The molecule has 0 radical (unpaired) electrons. The van der Waals surface area contributed by atoms with Crippen LogP contribution in [0.4, 0.5) is 0 Å². The normalized spacial score (nSPS) is 12.6. The van der Waals surface area contributed by atoms with Crippen molar-refractivity contribution in [3.63, 3.8) is 0 Å². The highest BCUT2D eigenvalue weighted by atomic mass is 16.7. The fourth-order valence-electron chi connectivity index (χ4n) is 2.06. The van der Waals surface area contributed by atoms with Gasteiger partial charge < -0.3 is 14.2 Å². The fourth-order valence-corrected chi connectivity index (χ4v) is 2.06. The molecule has 0 aliphatic carbocycles. The molecule has 1 aromatic carbocycles. The van der Waals surface area contributed by atoms with Crippen LogP contribution in [-0.4, -0.2) is 24.1 Å². The Balaban J connectivity index is 2.21. The van der Waals surface area contributed by atoms with Gasteiger partial charge in [0.25, 0.3) is 0 Å². The molecule has 1 aliphatic heterocycles. The molecule has 0 amide bonds. The van der Waals surface area contributed by atoms with Gasteiger partial charge in [-0.25, -0.2) is 0 Å². The third-order valence-electron chi connectivity index (χ3n) is 3.31. The second-order valence-corrected chi connectivity index (χ2v) is 4.41. The van der Waals surface area contributed by atoms with Gasteiger partial charge in [-0.1, -0.05) is 0 Å². The molecule has 0 fully saturated rings. The lowest BCUT2D eigenvalue weighted by Gasteiger charge is -2.11. The predicted molar refractivity (Wildman–Crippen MR) is 69.6 cm³/mol. The molecular weight excluding hydrogens is 244 g/mol. The molecule has 0 saturated carbocycles. The van der Waals surface area contributed by atoms with E-state index in [1.165, 1.54) is 0 Å². The Morgan fingerprint density at radius 1 is 1.16 bits per heavy atom. The Bertz CT molecular complexity index is 641. The Kier molecular flexibility index (Phi) is 2.74. The van der Waals surface area contributed by atoms with E-state index >= 15 is 0 Å². The van der Waals surface area contributed by atoms with Crippen molar-refractivity contribution in [3.05, 3.63) is 29.5 Å². The second-order valence-electron chi connectivity index (χ2n) is 4.41. The van der Waals surface area contributed by atoms with E-state index in [9.17, 15) is 0 Å². The number of hydrogen-bond donors (Lipinski definition) is 0. The average Bonchev–Trinajstić information content (AvgIpc) is 2.87. The van der Waals surface area contributed by atoms with Gasteiger partial charge in [0.1, 0.15) is 5.75 Å². The third kappa shape index (κ3) is 1.87. The summed E-state index contributed by atoms with van der Waals surface area (Å²) >= 11 is 0. The van der Waals surface area contributed by atoms with Gasteiger partial charge in [-0.3, -0.25) is 0 Å². The standard InChI is InChI=1S/C14H14N2O3/c1-8-6-15-16-14(9(8)2)10-4-12-13(19-7-18-12)5-11(10)17-3/h4-6H,7H2,1-3H3. The van der Waals surface area contributed by atoms with Crippen molar-refractivity contribution >= 4 is 0 Å². The molecule has 3 rings (SSSR count). The fraction of sp³-hybridized carbons (Fsp3) is 0.286. The van der Waals surface area contributed by atoms with E-state index in [0.717, 1.165) is 22.4 Å². The molecule has 2 heterocycles. The Morgan fingerprint density at radius 2 is 1.89 bits per heavy atom. The Morgan fingerprint density at radius 3 is 2.63 bits per heavy atom. The van der Waals surface area contributed by atoms with E-state index in [1.807, 2.05) is 26.0 Å². The maximum absolute atomic E-state index is 5.42. The zero-order chi connectivity index (χ0) is 13.4. The van der Waals surface area contributed by atoms with Crippen molar-refractivity contribution in [2.45, 2.75) is 13.8 Å². The molecule has 5 heteroatoms. The molecule has 0 unspecified atom stereocenters. The number of fused-ring (bicyclic) bond motifs is 1. The van der Waals surface area contributed by atoms with Crippen LogP contribution in [-0.2, 0) is 0 Å². The lowest BCUT2D eigenvalue weighted by atomic mass is 10.0. The molecule has 0 saturated heterocycles. The van der Waals surface area contributed by atoms with E-state index in [1.54, 1.807) is 13.3 Å². The molecule has 0 spiro atoms. The maximum atomic E-state index is 5.42. The minimum Gasteiger partial charge on any atom is -0.496 e. The molecule has 19 heavy (non-hydrogen) atoms. The first-order chi connectivity index (χ1) is 9.20. The summed E-state index contributed by atoms with van der Waals surface area (Å²) in [6, 6.07) is 3.71. The number of rotatable bonds is 2. The molecule has 2 aromatic rings. The lowest BCUT2D eigenvalue weighted by molar-refractivity contribution is 0.174. The van der Waals surface area contributed by atoms with Gasteiger partial charge in [0.15, 0.2) is 11.5 Å². The zero-order valence-electron chi connectivity index (χ0n) is 11.1. The molecule has 1 aromatic heterocycles. The van der Waals surface area contributed by atoms with E-state index in [0.29, 0.717) is 17.2 Å². The Labute approximate surface area is 111 Å². The average molecular weight is 258 g/mol. The van der Waals surface area contributed by atoms with Gasteiger partial charge in [0.05, 0.1) is 19.0 Å². The largest absolute Gasteiger partial charge is 0.496 e. The number of aromatic nitrogens is 2. The van der Waals surface area contributed by atoms with E-state index in [4.69, 9.17) is 14.2 Å². The zero-order valence-corrected chi connectivity index (χ0v) is 11.1. The molecule has 5 nitrogen and oxygen atoms in total. The lowest BCUT2D eigenvalue weighted by Crippen LogP contribution is -1.97. The summed E-state index contributed by atoms with van der Waals surface area (Å²) in [5.74, 6) is 2.10. The van der Waals surface area contributed by atoms with Crippen LogP contribution in [0.15, 0.2) is 18.3 Å². The SMILES string of the molecule is COc1cc2c(cc1-c1nncc(C)c1C)OCO2. The molecule has 0 bridgehead atoms. The van der Waals surface area contributed by atoms with Crippen LogP contribution in [0.2, 0.25) is 0 Å². The van der Waals surface area contributed by atoms with Crippen molar-refractivity contribution in [3.8, 4) is 28.5 Å². The second kappa shape index (κ2) is 4.42. The van der Waals surface area contributed by atoms with Crippen LogP contribution in [0.5, 0.6) is 17.2 Å². The van der Waals surface area contributed by atoms with Crippen LogP contribution < -0.4 is 14.2 Å². The molecule has 1 aliphatic rings. The topological polar surface area (TPSA) is 53.5 Å². The van der Waals surface area contributed by atoms with Crippen LogP contribution in [0.3, 0.4) is 0 Å². The monoisotopic (exact) mass is 258 g/mol. The van der Waals surface area contributed by atoms with Gasteiger partial charge in [0, 0.05) is 11.6 Å². The van der Waals surface area contributed by atoms with Crippen molar-refractivity contribution < 1.29 is 14.2 Å². The summed E-state index contributed by atoms with van der Waals surface area (Å²) in [7, 11) is 1.62. The number of methoxy groups -OCH3 is 1. The molecule has 0 atom stereocenters. The summed E-state index contributed by atoms with van der Waals surface area (Å²) in [6.45, 7) is 4.26. The highest BCUT2D eigenvalue weighted by molar-refractivity contribution is 5.74. The number of benzene rings is 1. The number of ether oxygens (including phenoxy) is 3. The first-order valence-electron chi connectivity index (χ1n) is 5.97. The minimum atomic E-state index is 0.237. The van der Waals surface area contributed by atoms with E-state index < -0.39 is 0 Å². The van der Waals surface area contributed by atoms with Crippen molar-refractivity contribution in [1.82, 2.24) is 10.2 Å². The first-order valence-corrected chi connectivity index (χ1v) is 5.97. The smallest absolute Gasteiger partial charge is 0.231 e. The number of hydrogen-bond acceptors (Lipinski definition) is 5. The quantitative estimate of drug-likeness (QED) is 0.828. The highest BCUT2D eigenvalue weighted by Gasteiger charge is 2.20. The van der Waals surface area contributed by atoms with Crippen LogP contribution in [0.1, 0.15) is 11.1 Å². The van der Waals surface area contributed by atoms with Gasteiger partial charge in [-0.05, 0) is 31.0 Å². The van der Waals surface area contributed by atoms with Crippen LogP contribution in [0, 0.1) is 13.8 Å². The maximum Gasteiger partial charge on any atom is 0.231 e. The summed E-state index contributed by atoms with van der Waals surface area (Å²) in [4.78, 5) is 0. The summed E-state index contributed by atoms with van der Waals surface area (Å²) in [5, 5.41) is 8.23. The van der Waals surface area contributed by atoms with Gasteiger partial charge >= 0.3 is 0 Å². The highest BCUT2D eigenvalue weighted by Crippen LogP contribution is 2.42. The summed E-state index contributed by atoms with van der Waals surface area (Å²) in [6.07, 6.45) is 1.75. The third-order valence-corrected chi connectivity index (χ3v) is 3.31. The van der Waals surface area contributed by atoms with E-state index in [2.05, 4.69) is 10.2 Å². The first kappa shape index (κ1) is 11.8. The summed E-state index contributed by atoms with van der Waals surface area (Å²) < 4.78 is 16.2. The number of nitrogens with zero attached hydrogens (tertiary/aromatic N) is 2. The van der Waals surface area contributed by atoms with Crippen molar-refractivity contribution in [2.75, 3.05) is 13.9 Å². The van der Waals surface area contributed by atoms with Gasteiger partial charge in [-0.2, -0.15) is 10.2 Å². The van der Waals surface area contributed by atoms with Crippen molar-refractivity contribution in [2.24, 2.45) is 0 Å². The predicted octanol–water partition coefficient (Wildman–Crippen LogP) is 2.50. The van der Waals surface area contributed by atoms with Crippen molar-refractivity contribution in [1.29, 1.82) is 0 Å². The van der Waals surface area contributed by atoms with Crippen LogP contribution >= 0.6 is 0 Å². The van der Waals surface area contributed by atoms with Gasteiger partial charge in [0.2, 0.25) is 6.79 Å². The van der Waals surface area contributed by atoms with Gasteiger partial charge in [-0.15, -0.1) is 0 Å². The minimum absolute atomic E-state index is 0.237. The molecule has 0 N–H and O–H groups in total. The summed E-state index contributed by atoms with van der Waals surface area (Å²) in [5.41, 5.74) is 3.83. The van der Waals surface area contributed by atoms with E-state index in [-0.39, 0.29) is 6.79 Å². The molecular formula is C14H14N2O3. The molecule has 98 valence electrons. The Hall–Kier alpha value is -2.30.